The average Bonchev–Trinajstić information content (AvgIpc) is 1.83. The Labute approximate surface area is 99.5 Å². The number of halogens is 3. The van der Waals surface area contributed by atoms with Crippen LogP contribution in [0.1, 0.15) is 20.3 Å². The highest BCUT2D eigenvalue weighted by atomic mass is 35.5. The monoisotopic (exact) mass is 256 g/mol. The third-order valence-electron chi connectivity index (χ3n) is 0.991. The molecular weight excluding hydrogens is 234 g/mol. The van der Waals surface area contributed by atoms with Gasteiger partial charge in [0.2, 0.25) is 0 Å². The Hall–Kier alpha value is 0.290. The van der Waals surface area contributed by atoms with Crippen LogP contribution in [0.25, 0.3) is 0 Å². The molecule has 0 saturated heterocycles. The first-order valence-electron chi connectivity index (χ1n) is 3.01. The van der Waals surface area contributed by atoms with Crippen LogP contribution in [0, 0.1) is 0 Å². The molecule has 0 aromatic carbocycles. The summed E-state index contributed by atoms with van der Waals surface area (Å²) >= 11 is 0. The lowest BCUT2D eigenvalue weighted by Gasteiger charge is -2.02. The van der Waals surface area contributed by atoms with Crippen LogP contribution in [0.2, 0.25) is 0 Å². The number of rotatable bonds is 3. The molecule has 88 valence electrons. The minimum atomic E-state index is 0. The maximum absolute atomic E-state index is 3.83. The zero-order valence-corrected chi connectivity index (χ0v) is 11.0. The summed E-state index contributed by atoms with van der Waals surface area (Å²) in [6, 6.07) is 0. The quantitative estimate of drug-likeness (QED) is 0.370. The Bertz CT molecular complexity index is 82.3. The molecular formula is C6H23Cl3N4. The molecule has 0 aromatic rings. The van der Waals surface area contributed by atoms with Gasteiger partial charge in [0.15, 0.2) is 6.17 Å². The van der Waals surface area contributed by atoms with E-state index >= 15 is 0 Å². The molecule has 0 bridgehead atoms. The highest BCUT2D eigenvalue weighted by molar-refractivity contribution is 4.74. The first-order valence-corrected chi connectivity index (χ1v) is 3.01. The van der Waals surface area contributed by atoms with Crippen molar-refractivity contribution < 1.29 is 43.0 Å². The van der Waals surface area contributed by atoms with Crippen molar-refractivity contribution in [1.82, 2.24) is 17.6 Å². The summed E-state index contributed by atoms with van der Waals surface area (Å²) in [5, 5.41) is 3.09. The molecule has 12 N–H and O–H groups in total. The van der Waals surface area contributed by atoms with Gasteiger partial charge in [0, 0.05) is 6.42 Å². The van der Waals surface area contributed by atoms with Crippen molar-refractivity contribution in [2.45, 2.75) is 26.4 Å². The smallest absolute Gasteiger partial charge is 0.156 e. The molecule has 0 aromatic heterocycles. The van der Waals surface area contributed by atoms with E-state index in [1.165, 1.54) is 0 Å². The van der Waals surface area contributed by atoms with Crippen LogP contribution in [0.5, 0.6) is 0 Å². The van der Waals surface area contributed by atoms with Gasteiger partial charge in [-0.2, -0.15) is 0 Å². The maximum atomic E-state index is 3.83. The summed E-state index contributed by atoms with van der Waals surface area (Å²) in [5.41, 5.74) is 3.83. The Morgan fingerprint density at radius 3 is 1.85 bits per heavy atom. The van der Waals surface area contributed by atoms with E-state index in [1.54, 1.807) is 0 Å². The van der Waals surface area contributed by atoms with Gasteiger partial charge in [0.1, 0.15) is 0 Å². The van der Waals surface area contributed by atoms with Gasteiger partial charge in [0.05, 0.1) is 0 Å². The summed E-state index contributed by atoms with van der Waals surface area (Å²) in [6.45, 7) is 4.09. The Morgan fingerprint density at radius 1 is 1.23 bits per heavy atom. The summed E-state index contributed by atoms with van der Waals surface area (Å²) in [4.78, 5) is 0. The molecule has 0 rings (SSSR count). The topological polar surface area (TPSA) is 113 Å². The van der Waals surface area contributed by atoms with Crippen LogP contribution >= 0.6 is 0 Å². The number of hydrogen-bond acceptors (Lipinski definition) is 1. The predicted molar refractivity (Wildman–Crippen MR) is 46.9 cm³/mol. The van der Waals surface area contributed by atoms with Crippen LogP contribution in [0.4, 0.5) is 0 Å². The van der Waals surface area contributed by atoms with Crippen LogP contribution in [-0.2, 0) is 0 Å². The predicted octanol–water partition coefficient (Wildman–Crippen LogP) is -8.15. The molecule has 0 saturated carbocycles. The summed E-state index contributed by atoms with van der Waals surface area (Å²) in [5.74, 6) is 0. The largest absolute Gasteiger partial charge is 1.00 e. The molecule has 0 amide bonds. The number of allylic oxidation sites excluding steroid dienone is 1. The number of hydrogen-bond donors (Lipinski definition) is 4. The molecule has 1 atom stereocenters. The molecule has 0 heterocycles. The van der Waals surface area contributed by atoms with Gasteiger partial charge in [-0.15, -0.1) is 0 Å². The van der Waals surface area contributed by atoms with E-state index < -0.39 is 0 Å². The molecule has 0 spiro atoms. The van der Waals surface area contributed by atoms with E-state index in [0.29, 0.717) is 6.17 Å². The van der Waals surface area contributed by atoms with E-state index in [1.807, 2.05) is 19.2 Å². The van der Waals surface area contributed by atoms with Crippen LogP contribution in [-0.4, -0.2) is 6.17 Å². The Kier molecular flexibility index (Phi) is 85.6. The second kappa shape index (κ2) is 29.5. The van der Waals surface area contributed by atoms with Gasteiger partial charge in [-0.25, -0.2) is 0 Å². The van der Waals surface area contributed by atoms with E-state index in [2.05, 4.69) is 18.0 Å². The van der Waals surface area contributed by atoms with Gasteiger partial charge in [-0.1, -0.05) is 13.0 Å². The molecule has 0 aliphatic carbocycles. The lowest BCUT2D eigenvalue weighted by Crippen LogP contribution is -3.00. The van der Waals surface area contributed by atoms with E-state index in [4.69, 9.17) is 0 Å². The number of nitrogens with one attached hydrogen (secondary N) is 1. The minimum Gasteiger partial charge on any atom is -1.00 e. The van der Waals surface area contributed by atoms with Crippen molar-refractivity contribution in [2.75, 3.05) is 0 Å². The van der Waals surface area contributed by atoms with E-state index in [9.17, 15) is 0 Å². The molecule has 7 heteroatoms. The van der Waals surface area contributed by atoms with Crippen LogP contribution in [0.3, 0.4) is 0 Å². The Morgan fingerprint density at radius 2 is 1.62 bits per heavy atom. The summed E-state index contributed by atoms with van der Waals surface area (Å²) < 4.78 is 0. The minimum absolute atomic E-state index is 0. The zero-order chi connectivity index (χ0) is 6.41. The van der Waals surface area contributed by atoms with Crippen molar-refractivity contribution in [3.8, 4) is 0 Å². The highest BCUT2D eigenvalue weighted by Gasteiger charge is 1.93. The summed E-state index contributed by atoms with van der Waals surface area (Å²) in [6.07, 6.45) is 5.32. The normalized spacial score (nSPS) is 8.85. The van der Waals surface area contributed by atoms with Gasteiger partial charge in [-0.05, 0) is 13.1 Å². The SMILES string of the molecule is C/C=C/NC([NH3+])CC.[Cl-].[Cl-].[Cl-].[NH4+].[NH4+]. The third-order valence-corrected chi connectivity index (χ3v) is 0.991. The van der Waals surface area contributed by atoms with Gasteiger partial charge < -0.3 is 60.6 Å². The highest BCUT2D eigenvalue weighted by Crippen LogP contribution is 1.75. The van der Waals surface area contributed by atoms with Crippen molar-refractivity contribution in [3.63, 3.8) is 0 Å². The first-order chi connectivity index (χ1) is 3.81. The fourth-order valence-corrected chi connectivity index (χ4v) is 0.350. The zero-order valence-electron chi connectivity index (χ0n) is 8.78. The van der Waals surface area contributed by atoms with E-state index in [0.717, 1.165) is 6.42 Å². The Balaban J connectivity index is -0.0000000245. The van der Waals surface area contributed by atoms with Crippen molar-refractivity contribution in [1.29, 1.82) is 0 Å². The van der Waals surface area contributed by atoms with Gasteiger partial charge >= 0.3 is 0 Å². The molecule has 0 aliphatic heterocycles. The molecule has 13 heavy (non-hydrogen) atoms. The van der Waals surface area contributed by atoms with Gasteiger partial charge in [-0.3, -0.25) is 0 Å². The van der Waals surface area contributed by atoms with Gasteiger partial charge in [0.25, 0.3) is 0 Å². The van der Waals surface area contributed by atoms with E-state index in [-0.39, 0.29) is 49.5 Å². The second-order valence-corrected chi connectivity index (χ2v) is 1.77. The fourth-order valence-electron chi connectivity index (χ4n) is 0.350. The second-order valence-electron chi connectivity index (χ2n) is 1.77. The molecule has 1 unspecified atom stereocenters. The van der Waals surface area contributed by atoms with Crippen molar-refractivity contribution in [2.24, 2.45) is 0 Å². The lowest BCUT2D eigenvalue weighted by atomic mass is 10.4. The lowest BCUT2D eigenvalue weighted by molar-refractivity contribution is -0.426. The van der Waals surface area contributed by atoms with Crippen LogP contribution < -0.4 is 60.6 Å². The molecule has 0 fully saturated rings. The first kappa shape index (κ1) is 37.8. The summed E-state index contributed by atoms with van der Waals surface area (Å²) in [7, 11) is 0. The van der Waals surface area contributed by atoms with Crippen molar-refractivity contribution in [3.05, 3.63) is 12.3 Å². The molecule has 0 radical (unpaired) electrons. The molecule has 4 nitrogen and oxygen atoms in total. The van der Waals surface area contributed by atoms with Crippen LogP contribution in [0.15, 0.2) is 12.3 Å². The fraction of sp³-hybridized carbons (Fsp3) is 0.667. The number of quaternary nitrogens is 3. The maximum Gasteiger partial charge on any atom is 0.156 e. The standard InChI is InChI=1S/C6H14N2.3ClH.2H3N/c1-3-5-8-6(7)4-2;;;;;/h3,5-6,8H,4,7H2,1-2H3;3*1H;2*1H3/b5-3+;;;;;. The average molecular weight is 258 g/mol. The third kappa shape index (κ3) is 32.9. The van der Waals surface area contributed by atoms with Crippen molar-refractivity contribution >= 4 is 0 Å². The molecule has 0 aliphatic rings.